The van der Waals surface area contributed by atoms with Gasteiger partial charge in [-0.3, -0.25) is 0 Å². The molecule has 0 spiro atoms. The predicted octanol–water partition coefficient (Wildman–Crippen LogP) is 3.54. The Bertz CT molecular complexity index is 561. The molecule has 3 rings (SSSR count). The first-order chi connectivity index (χ1) is 9.24. The van der Waals surface area contributed by atoms with Gasteiger partial charge in [0.15, 0.2) is 0 Å². The lowest BCUT2D eigenvalue weighted by atomic mass is 10.2. The molecule has 0 saturated carbocycles. The number of morpholine rings is 1. The molecule has 1 saturated heterocycles. The molecule has 2 aromatic rings. The second-order valence-electron chi connectivity index (χ2n) is 4.54. The van der Waals surface area contributed by atoms with E-state index in [9.17, 15) is 0 Å². The number of hydrogen-bond acceptors (Lipinski definition) is 4. The van der Waals surface area contributed by atoms with Gasteiger partial charge in [0.2, 0.25) is 0 Å². The highest BCUT2D eigenvalue weighted by Crippen LogP contribution is 2.34. The van der Waals surface area contributed by atoms with Crippen molar-refractivity contribution >= 4 is 27.3 Å². The van der Waals surface area contributed by atoms with Crippen LogP contribution in [0.2, 0.25) is 0 Å². The molecule has 0 amide bonds. The van der Waals surface area contributed by atoms with Crippen molar-refractivity contribution in [3.8, 4) is 10.6 Å². The van der Waals surface area contributed by atoms with Gasteiger partial charge in [-0.2, -0.15) is 0 Å². The summed E-state index contributed by atoms with van der Waals surface area (Å²) in [4.78, 5) is 5.92. The molecule has 1 atom stereocenters. The van der Waals surface area contributed by atoms with Gasteiger partial charge in [-0.25, -0.2) is 4.98 Å². The summed E-state index contributed by atoms with van der Waals surface area (Å²) in [5.74, 6) is 0. The van der Waals surface area contributed by atoms with E-state index in [1.165, 1.54) is 4.88 Å². The van der Waals surface area contributed by atoms with Gasteiger partial charge < -0.3 is 10.1 Å². The van der Waals surface area contributed by atoms with Gasteiger partial charge in [0.25, 0.3) is 0 Å². The van der Waals surface area contributed by atoms with E-state index in [1.54, 1.807) is 11.3 Å². The fraction of sp³-hybridized carbons (Fsp3) is 0.357. The van der Waals surface area contributed by atoms with E-state index < -0.39 is 0 Å². The van der Waals surface area contributed by atoms with E-state index in [0.29, 0.717) is 0 Å². The maximum atomic E-state index is 5.81. The largest absolute Gasteiger partial charge is 0.370 e. The van der Waals surface area contributed by atoms with Crippen LogP contribution >= 0.6 is 27.3 Å². The number of aromatic nitrogens is 1. The maximum absolute atomic E-state index is 5.81. The minimum absolute atomic E-state index is 0.149. The second-order valence-corrected chi connectivity index (χ2v) is 6.49. The van der Waals surface area contributed by atoms with Crippen LogP contribution in [0.4, 0.5) is 0 Å². The standard InChI is InChI=1S/C14H15BrN2OS/c1-9-13(12-8-16-6-7-18-12)19-14(17-9)10-2-4-11(15)5-3-10/h2-5,12,16H,6-8H2,1H3. The first-order valence-electron chi connectivity index (χ1n) is 6.29. The zero-order chi connectivity index (χ0) is 13.2. The number of hydrogen-bond donors (Lipinski definition) is 1. The van der Waals surface area contributed by atoms with Crippen LogP contribution < -0.4 is 5.32 Å². The van der Waals surface area contributed by atoms with Crippen LogP contribution in [0.1, 0.15) is 16.7 Å². The van der Waals surface area contributed by atoms with Crippen LogP contribution in [0.5, 0.6) is 0 Å². The molecule has 3 nitrogen and oxygen atoms in total. The Balaban J connectivity index is 1.90. The Hall–Kier alpha value is -0.750. The lowest BCUT2D eigenvalue weighted by Gasteiger charge is -2.22. The fourth-order valence-corrected chi connectivity index (χ4v) is 3.54. The van der Waals surface area contributed by atoms with Gasteiger partial charge in [-0.05, 0) is 19.1 Å². The summed E-state index contributed by atoms with van der Waals surface area (Å²) in [6, 6.07) is 8.27. The molecule has 1 aliphatic rings. The van der Waals surface area contributed by atoms with Crippen molar-refractivity contribution < 1.29 is 4.74 Å². The minimum Gasteiger partial charge on any atom is -0.370 e. The SMILES string of the molecule is Cc1nc(-c2ccc(Br)cc2)sc1C1CNCCO1. The third kappa shape index (κ3) is 2.89. The van der Waals surface area contributed by atoms with Crippen LogP contribution in [-0.4, -0.2) is 24.7 Å². The molecule has 1 fully saturated rings. The first kappa shape index (κ1) is 13.2. The summed E-state index contributed by atoms with van der Waals surface area (Å²) in [5, 5.41) is 4.43. The van der Waals surface area contributed by atoms with Crippen LogP contribution in [-0.2, 0) is 4.74 Å². The van der Waals surface area contributed by atoms with Crippen molar-refractivity contribution in [2.24, 2.45) is 0 Å². The van der Waals surface area contributed by atoms with Crippen LogP contribution in [0.3, 0.4) is 0 Å². The summed E-state index contributed by atoms with van der Waals surface area (Å²) in [7, 11) is 0. The third-order valence-electron chi connectivity index (χ3n) is 3.14. The minimum atomic E-state index is 0.149. The summed E-state index contributed by atoms with van der Waals surface area (Å²) in [5.41, 5.74) is 2.24. The average Bonchev–Trinajstić information content (AvgIpc) is 2.83. The van der Waals surface area contributed by atoms with Gasteiger partial charge in [0.1, 0.15) is 11.1 Å². The first-order valence-corrected chi connectivity index (χ1v) is 7.90. The number of benzene rings is 1. The van der Waals surface area contributed by atoms with Crippen LogP contribution in [0, 0.1) is 6.92 Å². The van der Waals surface area contributed by atoms with Crippen molar-refractivity contribution in [2.75, 3.05) is 19.7 Å². The zero-order valence-corrected chi connectivity index (χ0v) is 13.1. The van der Waals surface area contributed by atoms with E-state index in [0.717, 1.165) is 40.4 Å². The maximum Gasteiger partial charge on any atom is 0.123 e. The summed E-state index contributed by atoms with van der Waals surface area (Å²) in [6.07, 6.45) is 0.149. The van der Waals surface area contributed by atoms with Gasteiger partial charge >= 0.3 is 0 Å². The van der Waals surface area contributed by atoms with Gasteiger partial charge in [-0.1, -0.05) is 28.1 Å². The number of thiazole rings is 1. The number of ether oxygens (including phenoxy) is 1. The summed E-state index contributed by atoms with van der Waals surface area (Å²) < 4.78 is 6.90. The molecule has 0 bridgehead atoms. The topological polar surface area (TPSA) is 34.2 Å². The molecule has 1 N–H and O–H groups in total. The Morgan fingerprint density at radius 1 is 1.37 bits per heavy atom. The molecule has 1 aromatic heterocycles. The van der Waals surface area contributed by atoms with Crippen molar-refractivity contribution in [3.05, 3.63) is 39.3 Å². The normalized spacial score (nSPS) is 19.6. The van der Waals surface area contributed by atoms with Crippen molar-refractivity contribution in [1.29, 1.82) is 0 Å². The molecule has 1 aliphatic heterocycles. The van der Waals surface area contributed by atoms with E-state index >= 15 is 0 Å². The molecule has 0 aliphatic carbocycles. The molecular formula is C14H15BrN2OS. The molecule has 1 unspecified atom stereocenters. The Labute approximate surface area is 125 Å². The highest BCUT2D eigenvalue weighted by Gasteiger charge is 2.21. The monoisotopic (exact) mass is 338 g/mol. The third-order valence-corrected chi connectivity index (χ3v) is 4.97. The van der Waals surface area contributed by atoms with E-state index in [4.69, 9.17) is 4.74 Å². The summed E-state index contributed by atoms with van der Waals surface area (Å²) in [6.45, 7) is 4.65. The van der Waals surface area contributed by atoms with E-state index in [2.05, 4.69) is 45.3 Å². The molecule has 0 radical (unpaired) electrons. The lowest BCUT2D eigenvalue weighted by molar-refractivity contribution is 0.0295. The van der Waals surface area contributed by atoms with Gasteiger partial charge in [0.05, 0.1) is 17.2 Å². The number of nitrogens with one attached hydrogen (secondary N) is 1. The number of aryl methyl sites for hydroxylation is 1. The molecule has 100 valence electrons. The van der Waals surface area contributed by atoms with E-state index in [-0.39, 0.29) is 6.10 Å². The van der Waals surface area contributed by atoms with E-state index in [1.807, 2.05) is 12.1 Å². The molecule has 19 heavy (non-hydrogen) atoms. The second kappa shape index (κ2) is 5.71. The van der Waals surface area contributed by atoms with Crippen molar-refractivity contribution in [3.63, 3.8) is 0 Å². The predicted molar refractivity (Wildman–Crippen MR) is 81.5 cm³/mol. The molecular weight excluding hydrogens is 324 g/mol. The van der Waals surface area contributed by atoms with Crippen LogP contribution in [0.25, 0.3) is 10.6 Å². The Morgan fingerprint density at radius 2 is 2.16 bits per heavy atom. The summed E-state index contributed by atoms with van der Waals surface area (Å²) >= 11 is 5.19. The molecule has 5 heteroatoms. The average molecular weight is 339 g/mol. The van der Waals surface area contributed by atoms with Crippen LogP contribution in [0.15, 0.2) is 28.7 Å². The Morgan fingerprint density at radius 3 is 2.84 bits per heavy atom. The zero-order valence-electron chi connectivity index (χ0n) is 10.6. The van der Waals surface area contributed by atoms with Gasteiger partial charge in [-0.15, -0.1) is 11.3 Å². The molecule has 2 heterocycles. The van der Waals surface area contributed by atoms with Crippen molar-refractivity contribution in [1.82, 2.24) is 10.3 Å². The number of halogens is 1. The van der Waals surface area contributed by atoms with Crippen molar-refractivity contribution in [2.45, 2.75) is 13.0 Å². The quantitative estimate of drug-likeness (QED) is 0.909. The lowest BCUT2D eigenvalue weighted by Crippen LogP contribution is -2.33. The highest BCUT2D eigenvalue weighted by molar-refractivity contribution is 9.10. The van der Waals surface area contributed by atoms with Gasteiger partial charge in [0, 0.05) is 23.1 Å². The Kier molecular flexibility index (Phi) is 3.98. The smallest absolute Gasteiger partial charge is 0.123 e. The number of nitrogens with zero attached hydrogens (tertiary/aromatic N) is 1. The number of rotatable bonds is 2. The highest BCUT2D eigenvalue weighted by atomic mass is 79.9. The fourth-order valence-electron chi connectivity index (χ4n) is 2.16. The molecule has 1 aromatic carbocycles.